The van der Waals surface area contributed by atoms with Crippen LogP contribution in [0.15, 0.2) is 16.8 Å². The Labute approximate surface area is 116 Å². The number of hydrogen-bond acceptors (Lipinski definition) is 6. The van der Waals surface area contributed by atoms with Crippen LogP contribution in [-0.2, 0) is 24.8 Å². The Bertz CT molecular complexity index is 588. The Balaban J connectivity index is 1.83. The Kier molecular flexibility index (Phi) is 4.52. The number of esters is 1. The second-order valence-electron chi connectivity index (χ2n) is 4.46. The lowest BCUT2D eigenvalue weighted by Gasteiger charge is -2.02. The summed E-state index contributed by atoms with van der Waals surface area (Å²) >= 11 is 0. The first-order chi connectivity index (χ1) is 9.61. The van der Waals surface area contributed by atoms with Gasteiger partial charge in [-0.1, -0.05) is 0 Å². The molecule has 0 amide bonds. The summed E-state index contributed by atoms with van der Waals surface area (Å²) in [7, 11) is 3.27. The minimum absolute atomic E-state index is 0.378. The van der Waals surface area contributed by atoms with E-state index >= 15 is 0 Å². The molecular formula is C13H18N4O3. The first-order valence-corrected chi connectivity index (χ1v) is 6.33. The first-order valence-electron chi connectivity index (χ1n) is 6.33. The third-order valence-electron chi connectivity index (χ3n) is 3.00. The third-order valence-corrected chi connectivity index (χ3v) is 3.00. The molecule has 2 aromatic heterocycles. The third kappa shape index (κ3) is 3.24. The molecule has 1 N–H and O–H groups in total. The van der Waals surface area contributed by atoms with Gasteiger partial charge >= 0.3 is 5.97 Å². The molecule has 0 aromatic carbocycles. The van der Waals surface area contributed by atoms with Crippen molar-refractivity contribution >= 4 is 5.97 Å². The van der Waals surface area contributed by atoms with Crippen LogP contribution in [0.25, 0.3) is 0 Å². The average molecular weight is 278 g/mol. The molecule has 0 aliphatic heterocycles. The molecule has 20 heavy (non-hydrogen) atoms. The van der Waals surface area contributed by atoms with E-state index in [1.807, 2.05) is 11.6 Å². The van der Waals surface area contributed by atoms with Crippen LogP contribution in [0, 0.1) is 6.92 Å². The van der Waals surface area contributed by atoms with Crippen molar-refractivity contribution in [2.75, 3.05) is 13.7 Å². The summed E-state index contributed by atoms with van der Waals surface area (Å²) in [6.07, 6.45) is 2.45. The molecule has 7 heteroatoms. The molecule has 0 aliphatic rings. The minimum Gasteiger partial charge on any atom is -0.465 e. The molecule has 7 nitrogen and oxygen atoms in total. The lowest BCUT2D eigenvalue weighted by molar-refractivity contribution is 0.0599. The van der Waals surface area contributed by atoms with E-state index in [0.717, 1.165) is 18.8 Å². The van der Waals surface area contributed by atoms with Crippen LogP contribution in [0.3, 0.4) is 0 Å². The van der Waals surface area contributed by atoms with E-state index in [1.165, 1.54) is 7.11 Å². The van der Waals surface area contributed by atoms with Gasteiger partial charge in [-0.05, 0) is 13.0 Å². The number of furan rings is 1. The van der Waals surface area contributed by atoms with Crippen LogP contribution in [0.5, 0.6) is 0 Å². The van der Waals surface area contributed by atoms with Gasteiger partial charge < -0.3 is 19.0 Å². The number of ether oxygens (including phenoxy) is 1. The zero-order valence-electron chi connectivity index (χ0n) is 11.8. The minimum atomic E-state index is -0.378. The van der Waals surface area contributed by atoms with Crippen LogP contribution >= 0.6 is 0 Å². The van der Waals surface area contributed by atoms with Gasteiger partial charge in [-0.2, -0.15) is 0 Å². The van der Waals surface area contributed by atoms with Gasteiger partial charge in [-0.25, -0.2) is 4.79 Å². The van der Waals surface area contributed by atoms with Crippen LogP contribution < -0.4 is 5.32 Å². The second-order valence-corrected chi connectivity index (χ2v) is 4.46. The van der Waals surface area contributed by atoms with Crippen LogP contribution in [-0.4, -0.2) is 34.4 Å². The molecule has 0 saturated heterocycles. The van der Waals surface area contributed by atoms with E-state index in [4.69, 9.17) is 4.42 Å². The van der Waals surface area contributed by atoms with Crippen molar-refractivity contribution in [3.05, 3.63) is 35.3 Å². The Morgan fingerprint density at radius 2 is 2.35 bits per heavy atom. The first kappa shape index (κ1) is 14.3. The van der Waals surface area contributed by atoms with Gasteiger partial charge in [0.25, 0.3) is 0 Å². The number of aryl methyl sites for hydroxylation is 2. The summed E-state index contributed by atoms with van der Waals surface area (Å²) in [6, 6.07) is 1.70. The summed E-state index contributed by atoms with van der Waals surface area (Å²) in [5.41, 5.74) is 0.470. The fourth-order valence-corrected chi connectivity index (χ4v) is 1.89. The quantitative estimate of drug-likeness (QED) is 0.622. The summed E-state index contributed by atoms with van der Waals surface area (Å²) in [6.45, 7) is 3.05. The fourth-order valence-electron chi connectivity index (χ4n) is 1.89. The van der Waals surface area contributed by atoms with E-state index in [1.54, 1.807) is 19.3 Å². The molecular weight excluding hydrogens is 260 g/mol. The molecule has 0 spiro atoms. The molecule has 0 aliphatic carbocycles. The topological polar surface area (TPSA) is 82.2 Å². The van der Waals surface area contributed by atoms with Gasteiger partial charge in [0.2, 0.25) is 0 Å². The Hall–Kier alpha value is -2.15. The highest BCUT2D eigenvalue weighted by Crippen LogP contribution is 2.15. The zero-order valence-corrected chi connectivity index (χ0v) is 11.8. The Morgan fingerprint density at radius 3 is 3.00 bits per heavy atom. The standard InChI is InChI=1S/C13H18N4O3/c1-9-11(13(18)19-3)6-10(20-9)7-14-5-4-12-16-15-8-17(12)2/h6,8,14H,4-5,7H2,1-3H3. The Morgan fingerprint density at radius 1 is 1.55 bits per heavy atom. The van der Waals surface area contributed by atoms with Crippen molar-refractivity contribution < 1.29 is 13.9 Å². The van der Waals surface area contributed by atoms with Crippen LogP contribution in [0.1, 0.15) is 27.7 Å². The van der Waals surface area contributed by atoms with E-state index < -0.39 is 0 Å². The average Bonchev–Trinajstić information content (AvgIpc) is 3.00. The number of methoxy groups -OCH3 is 1. The van der Waals surface area contributed by atoms with Gasteiger partial charge in [-0.15, -0.1) is 10.2 Å². The summed E-state index contributed by atoms with van der Waals surface area (Å²) < 4.78 is 12.1. The second kappa shape index (κ2) is 6.33. The molecule has 2 heterocycles. The largest absolute Gasteiger partial charge is 0.465 e. The maximum Gasteiger partial charge on any atom is 0.341 e. The molecule has 108 valence electrons. The molecule has 0 radical (unpaired) electrons. The van der Waals surface area contributed by atoms with Crippen LogP contribution in [0.2, 0.25) is 0 Å². The van der Waals surface area contributed by atoms with E-state index in [-0.39, 0.29) is 5.97 Å². The number of carbonyl (C=O) groups excluding carboxylic acids is 1. The smallest absolute Gasteiger partial charge is 0.341 e. The molecule has 2 aromatic rings. The fraction of sp³-hybridized carbons (Fsp3) is 0.462. The SMILES string of the molecule is COC(=O)c1cc(CNCCc2nncn2C)oc1C. The van der Waals surface area contributed by atoms with Crippen molar-refractivity contribution in [1.29, 1.82) is 0 Å². The lowest BCUT2D eigenvalue weighted by atomic mass is 10.2. The molecule has 2 rings (SSSR count). The molecule has 0 bridgehead atoms. The number of rotatable bonds is 6. The predicted molar refractivity (Wildman–Crippen MR) is 71.2 cm³/mol. The van der Waals surface area contributed by atoms with Crippen molar-refractivity contribution in [2.24, 2.45) is 7.05 Å². The maximum absolute atomic E-state index is 11.4. The van der Waals surface area contributed by atoms with E-state index in [2.05, 4.69) is 20.3 Å². The zero-order chi connectivity index (χ0) is 14.5. The molecule has 0 fully saturated rings. The normalized spacial score (nSPS) is 10.8. The predicted octanol–water partition coefficient (Wildman–Crippen LogP) is 0.835. The summed E-state index contributed by atoms with van der Waals surface area (Å²) in [5.74, 6) is 1.82. The highest BCUT2D eigenvalue weighted by atomic mass is 16.5. The van der Waals surface area contributed by atoms with Gasteiger partial charge in [0.1, 0.15) is 29.2 Å². The number of nitrogens with one attached hydrogen (secondary N) is 1. The van der Waals surface area contributed by atoms with Gasteiger partial charge in [0.15, 0.2) is 0 Å². The highest BCUT2D eigenvalue weighted by molar-refractivity contribution is 5.90. The molecule has 0 atom stereocenters. The lowest BCUT2D eigenvalue weighted by Crippen LogP contribution is -2.17. The number of hydrogen-bond donors (Lipinski definition) is 1. The number of nitrogens with zero attached hydrogens (tertiary/aromatic N) is 3. The van der Waals surface area contributed by atoms with Gasteiger partial charge in [0.05, 0.1) is 13.7 Å². The maximum atomic E-state index is 11.4. The molecule has 0 saturated carbocycles. The molecule has 0 unspecified atom stereocenters. The van der Waals surface area contributed by atoms with Crippen molar-refractivity contribution in [2.45, 2.75) is 19.9 Å². The summed E-state index contributed by atoms with van der Waals surface area (Å²) in [4.78, 5) is 11.4. The van der Waals surface area contributed by atoms with E-state index in [0.29, 0.717) is 23.6 Å². The number of aromatic nitrogens is 3. The van der Waals surface area contributed by atoms with E-state index in [9.17, 15) is 4.79 Å². The van der Waals surface area contributed by atoms with Crippen LogP contribution in [0.4, 0.5) is 0 Å². The van der Waals surface area contributed by atoms with Gasteiger partial charge in [-0.3, -0.25) is 0 Å². The van der Waals surface area contributed by atoms with Gasteiger partial charge in [0, 0.05) is 20.0 Å². The monoisotopic (exact) mass is 278 g/mol. The number of carbonyl (C=O) groups is 1. The van der Waals surface area contributed by atoms with Crippen molar-refractivity contribution in [1.82, 2.24) is 20.1 Å². The highest BCUT2D eigenvalue weighted by Gasteiger charge is 2.14. The summed E-state index contributed by atoms with van der Waals surface area (Å²) in [5, 5.41) is 11.1. The van der Waals surface area contributed by atoms with Crippen molar-refractivity contribution in [3.8, 4) is 0 Å². The van der Waals surface area contributed by atoms with Crippen molar-refractivity contribution in [3.63, 3.8) is 0 Å².